The second-order valence-electron chi connectivity index (χ2n) is 5.74. The third kappa shape index (κ3) is 4.04. The average Bonchev–Trinajstić information content (AvgIpc) is 2.41. The predicted molar refractivity (Wildman–Crippen MR) is 89.4 cm³/mol. The van der Waals surface area contributed by atoms with Gasteiger partial charge in [0.15, 0.2) is 0 Å². The van der Waals surface area contributed by atoms with Crippen LogP contribution in [0.15, 0.2) is 24.3 Å². The molecule has 1 heterocycles. The monoisotopic (exact) mass is 298 g/mol. The van der Waals surface area contributed by atoms with E-state index in [2.05, 4.69) is 20.6 Å². The van der Waals surface area contributed by atoms with Crippen LogP contribution in [0, 0.1) is 20.8 Å². The van der Waals surface area contributed by atoms with Crippen molar-refractivity contribution in [1.29, 1.82) is 0 Å². The fourth-order valence-corrected chi connectivity index (χ4v) is 2.07. The minimum Gasteiger partial charge on any atom is -0.368 e. The van der Waals surface area contributed by atoms with Crippen LogP contribution in [0.25, 0.3) is 0 Å². The molecule has 5 heteroatoms. The molecular weight excluding hydrogens is 276 g/mol. The van der Waals surface area contributed by atoms with E-state index in [1.165, 1.54) is 5.56 Å². The Balaban J connectivity index is 2.21. The first-order chi connectivity index (χ1) is 10.3. The Labute approximate surface area is 131 Å². The Morgan fingerprint density at radius 2 is 1.77 bits per heavy atom. The van der Waals surface area contributed by atoms with Gasteiger partial charge in [-0.15, -0.1) is 0 Å². The zero-order valence-electron chi connectivity index (χ0n) is 13.7. The normalized spacial score (nSPS) is 10.6. The molecule has 0 atom stereocenters. The molecule has 0 aliphatic heterocycles. The number of nitrogens with zero attached hydrogens (tertiary/aromatic N) is 2. The van der Waals surface area contributed by atoms with Gasteiger partial charge in [-0.2, -0.15) is 0 Å². The minimum absolute atomic E-state index is 0.236. The Hall–Kier alpha value is -2.43. The second-order valence-corrected chi connectivity index (χ2v) is 5.74. The van der Waals surface area contributed by atoms with E-state index in [0.717, 1.165) is 11.3 Å². The van der Waals surface area contributed by atoms with Crippen LogP contribution in [0.2, 0.25) is 0 Å². The van der Waals surface area contributed by atoms with Crippen molar-refractivity contribution in [2.45, 2.75) is 40.7 Å². The van der Waals surface area contributed by atoms with Crippen molar-refractivity contribution in [1.82, 2.24) is 9.97 Å². The lowest BCUT2D eigenvalue weighted by Gasteiger charge is -2.11. The Morgan fingerprint density at radius 3 is 2.41 bits per heavy atom. The van der Waals surface area contributed by atoms with Gasteiger partial charge in [0.25, 0.3) is 5.91 Å². The lowest BCUT2D eigenvalue weighted by Crippen LogP contribution is -2.17. The maximum Gasteiger partial charge on any atom is 0.274 e. The summed E-state index contributed by atoms with van der Waals surface area (Å²) in [6, 6.07) is 7.74. The number of benzene rings is 1. The highest BCUT2D eigenvalue weighted by molar-refractivity contribution is 6.03. The fraction of sp³-hybridized carbons (Fsp3) is 0.353. The van der Waals surface area contributed by atoms with Crippen molar-refractivity contribution in [3.8, 4) is 0 Å². The molecule has 0 fully saturated rings. The van der Waals surface area contributed by atoms with Gasteiger partial charge in [-0.1, -0.05) is 6.07 Å². The number of carbonyl (C=O) groups excluding carboxylic acids is 1. The van der Waals surface area contributed by atoms with Gasteiger partial charge in [0, 0.05) is 17.8 Å². The molecule has 1 aromatic carbocycles. The summed E-state index contributed by atoms with van der Waals surface area (Å²) in [4.78, 5) is 20.9. The quantitative estimate of drug-likeness (QED) is 0.907. The Kier molecular flexibility index (Phi) is 4.75. The highest BCUT2D eigenvalue weighted by Gasteiger charge is 2.11. The fourth-order valence-electron chi connectivity index (χ4n) is 2.07. The van der Waals surface area contributed by atoms with Crippen LogP contribution in [-0.4, -0.2) is 21.9 Å². The number of carbonyl (C=O) groups is 1. The predicted octanol–water partition coefficient (Wildman–Crippen LogP) is 3.47. The van der Waals surface area contributed by atoms with Crippen molar-refractivity contribution in [2.75, 3.05) is 10.6 Å². The largest absolute Gasteiger partial charge is 0.368 e. The molecule has 2 aromatic rings. The number of aromatic nitrogens is 2. The molecule has 0 unspecified atom stereocenters. The third-order valence-corrected chi connectivity index (χ3v) is 3.27. The van der Waals surface area contributed by atoms with Crippen LogP contribution in [0.1, 0.15) is 41.3 Å². The maximum absolute atomic E-state index is 12.4. The summed E-state index contributed by atoms with van der Waals surface area (Å²) in [6.45, 7) is 9.87. The highest BCUT2D eigenvalue weighted by atomic mass is 16.1. The molecule has 0 aliphatic rings. The summed E-state index contributed by atoms with van der Waals surface area (Å²) in [5, 5.41) is 6.07. The number of rotatable bonds is 4. The summed E-state index contributed by atoms with van der Waals surface area (Å²) < 4.78 is 0. The summed E-state index contributed by atoms with van der Waals surface area (Å²) in [5.41, 5.74) is 3.45. The summed E-state index contributed by atoms with van der Waals surface area (Å²) >= 11 is 0. The van der Waals surface area contributed by atoms with E-state index >= 15 is 0 Å². The van der Waals surface area contributed by atoms with E-state index in [1.54, 1.807) is 13.0 Å². The van der Waals surface area contributed by atoms with Crippen LogP contribution in [0.4, 0.5) is 11.5 Å². The number of aryl methyl sites for hydroxylation is 3. The first kappa shape index (κ1) is 15.9. The molecule has 1 aromatic heterocycles. The number of amides is 1. The zero-order chi connectivity index (χ0) is 16.3. The summed E-state index contributed by atoms with van der Waals surface area (Å²) in [7, 11) is 0. The molecule has 5 nitrogen and oxygen atoms in total. The Bertz CT molecular complexity index is 695. The molecule has 2 rings (SSSR count). The van der Waals surface area contributed by atoms with E-state index in [0.29, 0.717) is 17.3 Å². The van der Waals surface area contributed by atoms with Gasteiger partial charge in [-0.25, -0.2) is 9.97 Å². The molecule has 22 heavy (non-hydrogen) atoms. The molecule has 0 radical (unpaired) electrons. The number of nitrogens with one attached hydrogen (secondary N) is 2. The van der Waals surface area contributed by atoms with Crippen molar-refractivity contribution in [2.24, 2.45) is 0 Å². The van der Waals surface area contributed by atoms with Gasteiger partial charge in [-0.05, 0) is 57.9 Å². The van der Waals surface area contributed by atoms with Gasteiger partial charge in [0.1, 0.15) is 17.3 Å². The Morgan fingerprint density at radius 1 is 1.05 bits per heavy atom. The molecule has 0 saturated carbocycles. The molecule has 0 bridgehead atoms. The van der Waals surface area contributed by atoms with E-state index in [-0.39, 0.29) is 11.9 Å². The van der Waals surface area contributed by atoms with Crippen LogP contribution in [0.3, 0.4) is 0 Å². The highest BCUT2D eigenvalue weighted by Crippen LogP contribution is 2.16. The molecule has 2 N–H and O–H groups in total. The van der Waals surface area contributed by atoms with Crippen molar-refractivity contribution >= 4 is 17.4 Å². The van der Waals surface area contributed by atoms with Gasteiger partial charge >= 0.3 is 0 Å². The van der Waals surface area contributed by atoms with E-state index in [1.807, 2.05) is 45.9 Å². The average molecular weight is 298 g/mol. The van der Waals surface area contributed by atoms with Gasteiger partial charge in [-0.3, -0.25) is 4.79 Å². The van der Waals surface area contributed by atoms with Crippen molar-refractivity contribution in [3.05, 3.63) is 46.9 Å². The lowest BCUT2D eigenvalue weighted by molar-refractivity contribution is 0.102. The maximum atomic E-state index is 12.4. The van der Waals surface area contributed by atoms with Crippen LogP contribution in [-0.2, 0) is 0 Å². The van der Waals surface area contributed by atoms with Crippen LogP contribution < -0.4 is 10.6 Å². The summed E-state index contributed by atoms with van der Waals surface area (Å²) in [6.07, 6.45) is 0. The molecule has 0 spiro atoms. The van der Waals surface area contributed by atoms with Gasteiger partial charge in [0.05, 0.1) is 0 Å². The molecular formula is C17H22N4O. The van der Waals surface area contributed by atoms with E-state index in [4.69, 9.17) is 0 Å². The van der Waals surface area contributed by atoms with Crippen molar-refractivity contribution in [3.63, 3.8) is 0 Å². The zero-order valence-corrected chi connectivity index (χ0v) is 13.7. The molecule has 116 valence electrons. The lowest BCUT2D eigenvalue weighted by atomic mass is 10.1. The minimum atomic E-state index is -0.236. The third-order valence-electron chi connectivity index (χ3n) is 3.27. The number of anilines is 2. The van der Waals surface area contributed by atoms with Crippen LogP contribution in [0.5, 0.6) is 0 Å². The SMILES string of the molecule is Cc1nc(NC(C)C)cc(C(=O)Nc2ccc(C)c(C)c2)n1. The van der Waals surface area contributed by atoms with Crippen molar-refractivity contribution < 1.29 is 4.79 Å². The number of hydrogen-bond donors (Lipinski definition) is 2. The second kappa shape index (κ2) is 6.56. The van der Waals surface area contributed by atoms with Gasteiger partial charge in [0.2, 0.25) is 0 Å². The van der Waals surface area contributed by atoms with Crippen LogP contribution >= 0.6 is 0 Å². The van der Waals surface area contributed by atoms with E-state index in [9.17, 15) is 4.79 Å². The summed E-state index contributed by atoms with van der Waals surface area (Å²) in [5.74, 6) is 0.990. The molecule has 0 aliphatic carbocycles. The molecule has 0 saturated heterocycles. The first-order valence-electron chi connectivity index (χ1n) is 7.36. The first-order valence-corrected chi connectivity index (χ1v) is 7.36. The smallest absolute Gasteiger partial charge is 0.274 e. The molecule has 1 amide bonds. The number of hydrogen-bond acceptors (Lipinski definition) is 4. The van der Waals surface area contributed by atoms with Gasteiger partial charge < -0.3 is 10.6 Å². The topological polar surface area (TPSA) is 66.9 Å². The van der Waals surface area contributed by atoms with E-state index < -0.39 is 0 Å². The standard InChI is InChI=1S/C17H22N4O/c1-10(2)18-16-9-15(19-13(5)20-16)17(22)21-14-7-6-11(3)12(4)8-14/h6-10H,1-5H3,(H,21,22)(H,18,19,20).